The number of hydrogen-bond acceptors (Lipinski definition) is 3. The van der Waals surface area contributed by atoms with Gasteiger partial charge in [-0.2, -0.15) is 0 Å². The molecule has 1 N–H and O–H groups in total. The summed E-state index contributed by atoms with van der Waals surface area (Å²) in [7, 11) is 0. The predicted molar refractivity (Wildman–Crippen MR) is 45.1 cm³/mol. The number of carbonyl (C=O) groups is 2. The molecule has 1 fully saturated rings. The maximum absolute atomic E-state index is 10.9. The molecule has 4 nitrogen and oxygen atoms in total. The van der Waals surface area contributed by atoms with Gasteiger partial charge in [0.25, 0.3) is 0 Å². The summed E-state index contributed by atoms with van der Waals surface area (Å²) in [6, 6.07) is 0. The van der Waals surface area contributed by atoms with Crippen LogP contribution < -0.4 is 0 Å². The molecule has 0 aliphatic heterocycles. The van der Waals surface area contributed by atoms with E-state index in [2.05, 4.69) is 0 Å². The lowest BCUT2D eigenvalue weighted by atomic mass is 9.97. The van der Waals surface area contributed by atoms with E-state index in [9.17, 15) is 9.59 Å². The minimum atomic E-state index is -0.876. The molecule has 0 aromatic carbocycles. The number of esters is 1. The van der Waals surface area contributed by atoms with Crippen molar-refractivity contribution < 1.29 is 19.4 Å². The highest BCUT2D eigenvalue weighted by Gasteiger charge is 2.67. The highest BCUT2D eigenvalue weighted by Crippen LogP contribution is 2.63. The molecule has 1 atom stereocenters. The van der Waals surface area contributed by atoms with E-state index in [-0.39, 0.29) is 12.0 Å². The lowest BCUT2D eigenvalue weighted by Crippen LogP contribution is -2.27. The van der Waals surface area contributed by atoms with Crippen molar-refractivity contribution in [3.63, 3.8) is 0 Å². The average molecular weight is 186 g/mol. The first-order valence-corrected chi connectivity index (χ1v) is 4.19. The monoisotopic (exact) mass is 186 g/mol. The molecular formula is C9H14O4. The lowest BCUT2D eigenvalue weighted by Gasteiger charge is -2.14. The summed E-state index contributed by atoms with van der Waals surface area (Å²) in [6.45, 7) is 5.00. The third-order valence-corrected chi connectivity index (χ3v) is 2.85. The molecule has 74 valence electrons. The quantitative estimate of drug-likeness (QED) is 0.669. The average Bonchev–Trinajstić information content (AvgIpc) is 2.51. The fraction of sp³-hybridized carbons (Fsp3) is 0.778. The van der Waals surface area contributed by atoms with Gasteiger partial charge in [-0.3, -0.25) is 9.59 Å². The Kier molecular flexibility index (Phi) is 2.10. The van der Waals surface area contributed by atoms with E-state index in [1.165, 1.54) is 6.92 Å². The summed E-state index contributed by atoms with van der Waals surface area (Å²) >= 11 is 0. The summed E-state index contributed by atoms with van der Waals surface area (Å²) < 4.78 is 4.75. The molecule has 0 radical (unpaired) electrons. The van der Waals surface area contributed by atoms with E-state index < -0.39 is 17.4 Å². The lowest BCUT2D eigenvalue weighted by molar-refractivity contribution is -0.153. The van der Waals surface area contributed by atoms with E-state index in [4.69, 9.17) is 9.84 Å². The van der Waals surface area contributed by atoms with Crippen LogP contribution in [0.4, 0.5) is 0 Å². The topological polar surface area (TPSA) is 63.6 Å². The fourth-order valence-corrected chi connectivity index (χ4v) is 1.61. The van der Waals surface area contributed by atoms with Gasteiger partial charge in [-0.15, -0.1) is 0 Å². The molecule has 4 heteroatoms. The summed E-state index contributed by atoms with van der Waals surface area (Å²) in [5, 5.41) is 8.96. The number of ether oxygens (including phenoxy) is 1. The second-order valence-electron chi connectivity index (χ2n) is 4.23. The normalized spacial score (nSPS) is 29.5. The maximum atomic E-state index is 10.9. The zero-order valence-electron chi connectivity index (χ0n) is 8.09. The fourth-order valence-electron chi connectivity index (χ4n) is 1.61. The van der Waals surface area contributed by atoms with E-state index in [0.717, 1.165) is 0 Å². The van der Waals surface area contributed by atoms with Crippen LogP contribution in [0.3, 0.4) is 0 Å². The van der Waals surface area contributed by atoms with Crippen molar-refractivity contribution in [2.45, 2.75) is 27.2 Å². The molecule has 0 saturated heterocycles. The SMILES string of the molecule is CC(=O)OCC1(C(=O)O)CC1(C)C. The smallest absolute Gasteiger partial charge is 0.313 e. The predicted octanol–water partition coefficient (Wildman–Crippen LogP) is 1.05. The molecule has 1 aliphatic carbocycles. The second-order valence-corrected chi connectivity index (χ2v) is 4.23. The van der Waals surface area contributed by atoms with E-state index in [1.54, 1.807) is 0 Å². The number of carbonyl (C=O) groups excluding carboxylic acids is 1. The summed E-state index contributed by atoms with van der Waals surface area (Å²) in [4.78, 5) is 21.5. The van der Waals surface area contributed by atoms with Crippen molar-refractivity contribution in [2.75, 3.05) is 6.61 Å². The molecule has 0 spiro atoms. The van der Waals surface area contributed by atoms with Crippen LogP contribution in [0.15, 0.2) is 0 Å². The Morgan fingerprint density at radius 2 is 1.92 bits per heavy atom. The minimum absolute atomic E-state index is 0.00926. The van der Waals surface area contributed by atoms with Gasteiger partial charge in [0.2, 0.25) is 0 Å². The van der Waals surface area contributed by atoms with Crippen LogP contribution in [0, 0.1) is 10.8 Å². The van der Waals surface area contributed by atoms with Gasteiger partial charge >= 0.3 is 11.9 Å². The first kappa shape index (κ1) is 10.0. The van der Waals surface area contributed by atoms with Crippen LogP contribution in [0.1, 0.15) is 27.2 Å². The summed E-state index contributed by atoms with van der Waals surface area (Å²) in [5.41, 5.74) is -1.10. The zero-order chi connectivity index (χ0) is 10.3. The Morgan fingerprint density at radius 3 is 2.15 bits per heavy atom. The molecular weight excluding hydrogens is 172 g/mol. The van der Waals surface area contributed by atoms with Crippen LogP contribution >= 0.6 is 0 Å². The van der Waals surface area contributed by atoms with Gasteiger partial charge in [0, 0.05) is 6.92 Å². The molecule has 1 saturated carbocycles. The largest absolute Gasteiger partial charge is 0.481 e. The summed E-state index contributed by atoms with van der Waals surface area (Å²) in [5.74, 6) is -1.30. The highest BCUT2D eigenvalue weighted by molar-refractivity contribution is 5.80. The molecule has 0 aromatic heterocycles. The van der Waals surface area contributed by atoms with E-state index in [0.29, 0.717) is 6.42 Å². The van der Waals surface area contributed by atoms with Crippen molar-refractivity contribution in [3.05, 3.63) is 0 Å². The Bertz CT molecular complexity index is 256. The maximum Gasteiger partial charge on any atom is 0.313 e. The molecule has 1 unspecified atom stereocenters. The van der Waals surface area contributed by atoms with Gasteiger partial charge in [0.1, 0.15) is 12.0 Å². The van der Waals surface area contributed by atoms with Crippen molar-refractivity contribution >= 4 is 11.9 Å². The number of aliphatic carboxylic acids is 1. The third kappa shape index (κ3) is 1.53. The summed E-state index contributed by atoms with van der Waals surface area (Å²) in [6.07, 6.45) is 0.572. The number of rotatable bonds is 3. The van der Waals surface area contributed by atoms with Gasteiger partial charge in [0.15, 0.2) is 0 Å². The molecule has 1 aliphatic rings. The molecule has 0 amide bonds. The van der Waals surface area contributed by atoms with Crippen molar-refractivity contribution in [1.29, 1.82) is 0 Å². The standard InChI is InChI=1S/C9H14O4/c1-6(10)13-5-9(7(11)12)4-8(9,2)3/h4-5H2,1-3H3,(H,11,12). The zero-order valence-corrected chi connectivity index (χ0v) is 8.09. The number of hydrogen-bond donors (Lipinski definition) is 1. The van der Waals surface area contributed by atoms with Crippen LogP contribution in [-0.2, 0) is 14.3 Å². The Balaban J connectivity index is 2.63. The molecule has 1 rings (SSSR count). The number of carboxylic acids is 1. The Hall–Kier alpha value is -1.06. The van der Waals surface area contributed by atoms with Crippen LogP contribution in [0.5, 0.6) is 0 Å². The van der Waals surface area contributed by atoms with Crippen LogP contribution in [-0.4, -0.2) is 23.7 Å². The second kappa shape index (κ2) is 2.72. The van der Waals surface area contributed by atoms with Gasteiger partial charge in [-0.25, -0.2) is 0 Å². The van der Waals surface area contributed by atoms with Crippen molar-refractivity contribution in [3.8, 4) is 0 Å². The minimum Gasteiger partial charge on any atom is -0.481 e. The molecule has 0 heterocycles. The van der Waals surface area contributed by atoms with Gasteiger partial charge in [0.05, 0.1) is 0 Å². The molecule has 0 bridgehead atoms. The first-order chi connectivity index (χ1) is 5.82. The Morgan fingerprint density at radius 1 is 1.46 bits per heavy atom. The highest BCUT2D eigenvalue weighted by atomic mass is 16.5. The van der Waals surface area contributed by atoms with Crippen LogP contribution in [0.25, 0.3) is 0 Å². The van der Waals surface area contributed by atoms with Crippen molar-refractivity contribution in [2.24, 2.45) is 10.8 Å². The number of carboxylic acid groups (broad SMARTS) is 1. The van der Waals surface area contributed by atoms with E-state index in [1.807, 2.05) is 13.8 Å². The third-order valence-electron chi connectivity index (χ3n) is 2.85. The molecule has 0 aromatic rings. The van der Waals surface area contributed by atoms with Gasteiger partial charge in [-0.1, -0.05) is 13.8 Å². The van der Waals surface area contributed by atoms with Crippen LogP contribution in [0.2, 0.25) is 0 Å². The van der Waals surface area contributed by atoms with E-state index >= 15 is 0 Å². The van der Waals surface area contributed by atoms with Crippen molar-refractivity contribution in [1.82, 2.24) is 0 Å². The van der Waals surface area contributed by atoms with Gasteiger partial charge < -0.3 is 9.84 Å². The Labute approximate surface area is 76.9 Å². The van der Waals surface area contributed by atoms with Gasteiger partial charge in [-0.05, 0) is 11.8 Å². The molecule has 13 heavy (non-hydrogen) atoms. The first-order valence-electron chi connectivity index (χ1n) is 4.19.